The Balaban J connectivity index is 1.73. The van der Waals surface area contributed by atoms with E-state index in [0.29, 0.717) is 19.0 Å². The van der Waals surface area contributed by atoms with Gasteiger partial charge in [0.15, 0.2) is 0 Å². The van der Waals surface area contributed by atoms with Crippen molar-refractivity contribution in [3.05, 3.63) is 42.7 Å². The number of sulfonamides is 1. The van der Waals surface area contributed by atoms with E-state index in [1.54, 1.807) is 28.8 Å². The number of piperidine rings is 1. The third-order valence-corrected chi connectivity index (χ3v) is 5.83. The molecule has 7 heteroatoms. The van der Waals surface area contributed by atoms with Crippen LogP contribution in [0, 0.1) is 0 Å². The van der Waals surface area contributed by atoms with Gasteiger partial charge in [0, 0.05) is 50.8 Å². The standard InChI is InChI=1S/C14H18N4O2S/c1-17-10-7-16-14(17)12-4-8-18(9-5-12)21(19,20)13-3-2-6-15-11-13/h2-3,6-7,10-12H,4-5,8-9H2,1H3. The summed E-state index contributed by atoms with van der Waals surface area (Å²) in [5.41, 5.74) is 0. The molecule has 1 fully saturated rings. The molecule has 6 nitrogen and oxygen atoms in total. The van der Waals surface area contributed by atoms with Gasteiger partial charge in [-0.05, 0) is 25.0 Å². The predicted molar refractivity (Wildman–Crippen MR) is 78.2 cm³/mol. The summed E-state index contributed by atoms with van der Waals surface area (Å²) < 4.78 is 28.6. The molecule has 2 aromatic heterocycles. The van der Waals surface area contributed by atoms with Crippen molar-refractivity contribution >= 4 is 10.0 Å². The van der Waals surface area contributed by atoms with Gasteiger partial charge in [-0.3, -0.25) is 4.98 Å². The van der Waals surface area contributed by atoms with Crippen LogP contribution in [-0.4, -0.2) is 40.3 Å². The predicted octanol–water partition coefficient (Wildman–Crippen LogP) is 1.38. The van der Waals surface area contributed by atoms with E-state index in [-0.39, 0.29) is 4.90 Å². The average molecular weight is 306 g/mol. The molecule has 0 N–H and O–H groups in total. The zero-order valence-corrected chi connectivity index (χ0v) is 12.7. The van der Waals surface area contributed by atoms with Crippen LogP contribution in [0.2, 0.25) is 0 Å². The van der Waals surface area contributed by atoms with Gasteiger partial charge in [-0.15, -0.1) is 0 Å². The van der Waals surface area contributed by atoms with Crippen LogP contribution in [0.15, 0.2) is 41.8 Å². The number of aromatic nitrogens is 3. The highest BCUT2D eigenvalue weighted by atomic mass is 32.2. The molecule has 0 bridgehead atoms. The van der Waals surface area contributed by atoms with Gasteiger partial charge in [0.05, 0.1) is 0 Å². The van der Waals surface area contributed by atoms with E-state index in [0.717, 1.165) is 18.7 Å². The number of nitrogens with zero attached hydrogens (tertiary/aromatic N) is 4. The molecule has 0 radical (unpaired) electrons. The highest BCUT2D eigenvalue weighted by molar-refractivity contribution is 7.89. The molecule has 1 saturated heterocycles. The van der Waals surface area contributed by atoms with Gasteiger partial charge in [-0.25, -0.2) is 13.4 Å². The Labute approximate surface area is 124 Å². The Morgan fingerprint density at radius 2 is 2.00 bits per heavy atom. The zero-order valence-electron chi connectivity index (χ0n) is 11.9. The van der Waals surface area contributed by atoms with Crippen LogP contribution in [0.1, 0.15) is 24.6 Å². The van der Waals surface area contributed by atoms with Gasteiger partial charge >= 0.3 is 0 Å². The van der Waals surface area contributed by atoms with E-state index in [2.05, 4.69) is 9.97 Å². The maximum atomic E-state index is 12.5. The Morgan fingerprint density at radius 3 is 2.57 bits per heavy atom. The van der Waals surface area contributed by atoms with Crippen LogP contribution >= 0.6 is 0 Å². The van der Waals surface area contributed by atoms with Gasteiger partial charge < -0.3 is 4.57 Å². The summed E-state index contributed by atoms with van der Waals surface area (Å²) in [5.74, 6) is 1.36. The first-order valence-corrected chi connectivity index (χ1v) is 8.40. The van der Waals surface area contributed by atoms with E-state index in [1.165, 1.54) is 6.20 Å². The first-order chi connectivity index (χ1) is 10.1. The first kappa shape index (κ1) is 14.2. The number of imidazole rings is 1. The summed E-state index contributed by atoms with van der Waals surface area (Å²) >= 11 is 0. The summed E-state index contributed by atoms with van der Waals surface area (Å²) in [6.45, 7) is 1.05. The molecule has 0 aromatic carbocycles. The lowest BCUT2D eigenvalue weighted by molar-refractivity contribution is 0.311. The quantitative estimate of drug-likeness (QED) is 0.859. The fraction of sp³-hybridized carbons (Fsp3) is 0.429. The first-order valence-electron chi connectivity index (χ1n) is 6.96. The summed E-state index contributed by atoms with van der Waals surface area (Å²) in [7, 11) is -1.45. The normalized spacial score (nSPS) is 18.0. The van der Waals surface area contributed by atoms with Crippen molar-refractivity contribution in [1.82, 2.24) is 18.8 Å². The second-order valence-electron chi connectivity index (χ2n) is 5.26. The molecule has 0 amide bonds. The fourth-order valence-corrected chi connectivity index (χ4v) is 4.21. The molecule has 112 valence electrons. The summed E-state index contributed by atoms with van der Waals surface area (Å²) in [6, 6.07) is 3.24. The van der Waals surface area contributed by atoms with Gasteiger partial charge in [0.1, 0.15) is 10.7 Å². The van der Waals surface area contributed by atoms with E-state index in [4.69, 9.17) is 0 Å². The topological polar surface area (TPSA) is 68.1 Å². The van der Waals surface area contributed by atoms with Crippen molar-refractivity contribution in [2.24, 2.45) is 7.05 Å². The van der Waals surface area contributed by atoms with Crippen LogP contribution < -0.4 is 0 Å². The number of hydrogen-bond acceptors (Lipinski definition) is 4. The molecule has 0 unspecified atom stereocenters. The Kier molecular flexibility index (Phi) is 3.77. The minimum absolute atomic E-state index is 0.264. The SMILES string of the molecule is Cn1ccnc1C1CCN(S(=O)(=O)c2cccnc2)CC1. The van der Waals surface area contributed by atoms with Crippen molar-refractivity contribution in [2.75, 3.05) is 13.1 Å². The van der Waals surface area contributed by atoms with Crippen molar-refractivity contribution in [3.63, 3.8) is 0 Å². The molecular weight excluding hydrogens is 288 g/mol. The van der Waals surface area contributed by atoms with Crippen molar-refractivity contribution in [1.29, 1.82) is 0 Å². The summed E-state index contributed by atoms with van der Waals surface area (Å²) in [4.78, 5) is 8.53. The van der Waals surface area contributed by atoms with Crippen LogP contribution in [0.5, 0.6) is 0 Å². The van der Waals surface area contributed by atoms with Crippen LogP contribution in [-0.2, 0) is 17.1 Å². The summed E-state index contributed by atoms with van der Waals surface area (Å²) in [6.07, 6.45) is 8.28. The average Bonchev–Trinajstić information content (AvgIpc) is 2.94. The number of hydrogen-bond donors (Lipinski definition) is 0. The van der Waals surface area contributed by atoms with Gasteiger partial charge in [0.2, 0.25) is 10.0 Å². The van der Waals surface area contributed by atoms with Gasteiger partial charge in [-0.1, -0.05) is 0 Å². The molecule has 1 aliphatic heterocycles. The highest BCUT2D eigenvalue weighted by Crippen LogP contribution is 2.29. The lowest BCUT2D eigenvalue weighted by atomic mass is 9.97. The Morgan fingerprint density at radius 1 is 1.24 bits per heavy atom. The molecule has 0 aliphatic carbocycles. The monoisotopic (exact) mass is 306 g/mol. The minimum Gasteiger partial charge on any atom is -0.338 e. The minimum atomic E-state index is -3.42. The molecular formula is C14H18N4O2S. The number of pyridine rings is 1. The van der Waals surface area contributed by atoms with Gasteiger partial charge in [0.25, 0.3) is 0 Å². The maximum Gasteiger partial charge on any atom is 0.244 e. The Bertz CT molecular complexity index is 704. The van der Waals surface area contributed by atoms with Gasteiger partial charge in [-0.2, -0.15) is 4.31 Å². The lowest BCUT2D eigenvalue weighted by Gasteiger charge is -2.30. The largest absolute Gasteiger partial charge is 0.338 e. The molecule has 2 aromatic rings. The number of rotatable bonds is 3. The Hall–Kier alpha value is -1.73. The summed E-state index contributed by atoms with van der Waals surface area (Å²) in [5, 5.41) is 0. The highest BCUT2D eigenvalue weighted by Gasteiger charge is 2.31. The van der Waals surface area contributed by atoms with Crippen LogP contribution in [0.25, 0.3) is 0 Å². The van der Waals surface area contributed by atoms with Crippen LogP contribution in [0.3, 0.4) is 0 Å². The number of aryl methyl sites for hydroxylation is 1. The van der Waals surface area contributed by atoms with E-state index in [1.807, 2.05) is 17.8 Å². The smallest absolute Gasteiger partial charge is 0.244 e. The van der Waals surface area contributed by atoms with Crippen molar-refractivity contribution < 1.29 is 8.42 Å². The molecule has 21 heavy (non-hydrogen) atoms. The third-order valence-electron chi connectivity index (χ3n) is 3.95. The van der Waals surface area contributed by atoms with Crippen molar-refractivity contribution in [3.8, 4) is 0 Å². The maximum absolute atomic E-state index is 12.5. The van der Waals surface area contributed by atoms with Crippen LogP contribution in [0.4, 0.5) is 0 Å². The molecule has 1 aliphatic rings. The van der Waals surface area contributed by atoms with E-state index < -0.39 is 10.0 Å². The second kappa shape index (κ2) is 5.57. The molecule has 0 atom stereocenters. The lowest BCUT2D eigenvalue weighted by Crippen LogP contribution is -2.38. The third kappa shape index (κ3) is 2.71. The van der Waals surface area contributed by atoms with Crippen molar-refractivity contribution in [2.45, 2.75) is 23.7 Å². The van der Waals surface area contributed by atoms with E-state index in [9.17, 15) is 8.42 Å². The molecule has 3 heterocycles. The second-order valence-corrected chi connectivity index (χ2v) is 7.20. The molecule has 0 spiro atoms. The fourth-order valence-electron chi connectivity index (χ4n) is 2.77. The molecule has 0 saturated carbocycles. The van der Waals surface area contributed by atoms with E-state index >= 15 is 0 Å². The molecule has 3 rings (SSSR count). The zero-order chi connectivity index (χ0) is 14.9.